The molecule has 1 aromatic carbocycles. The van der Waals surface area contributed by atoms with Crippen LogP contribution >= 0.6 is 11.8 Å². The Labute approximate surface area is 140 Å². The van der Waals surface area contributed by atoms with Crippen molar-refractivity contribution in [2.24, 2.45) is 5.92 Å². The highest BCUT2D eigenvalue weighted by atomic mass is 32.2. The molecule has 2 aromatic rings. The van der Waals surface area contributed by atoms with Crippen LogP contribution < -0.4 is 10.1 Å². The van der Waals surface area contributed by atoms with E-state index in [-0.39, 0.29) is 5.91 Å². The van der Waals surface area contributed by atoms with E-state index in [0.717, 1.165) is 40.0 Å². The number of ether oxygens (including phenoxy) is 1. The number of rotatable bonds is 5. The summed E-state index contributed by atoms with van der Waals surface area (Å²) in [5.41, 5.74) is 3.12. The summed E-state index contributed by atoms with van der Waals surface area (Å²) in [6.07, 6.45) is 0.510. The summed E-state index contributed by atoms with van der Waals surface area (Å²) < 4.78 is 7.04. The Morgan fingerprint density at radius 2 is 2.09 bits per heavy atom. The van der Waals surface area contributed by atoms with E-state index in [2.05, 4.69) is 10.4 Å². The van der Waals surface area contributed by atoms with Gasteiger partial charge in [0.25, 0.3) is 0 Å². The number of aromatic nitrogens is 2. The fraction of sp³-hybridized carbons (Fsp3) is 0.412. The minimum atomic E-state index is 0.0364. The molecule has 23 heavy (non-hydrogen) atoms. The number of nitrogens with zero attached hydrogens (tertiary/aromatic N) is 2. The van der Waals surface area contributed by atoms with E-state index in [4.69, 9.17) is 4.74 Å². The normalized spacial score (nSPS) is 13.2. The second-order valence-electron chi connectivity index (χ2n) is 6.02. The third-order valence-corrected chi connectivity index (χ3v) is 4.69. The van der Waals surface area contributed by atoms with Crippen LogP contribution in [0.5, 0.6) is 5.75 Å². The maximum atomic E-state index is 12.2. The van der Waals surface area contributed by atoms with Crippen molar-refractivity contribution in [2.75, 3.05) is 12.4 Å². The number of amides is 1. The van der Waals surface area contributed by atoms with Gasteiger partial charge in [-0.2, -0.15) is 16.9 Å². The molecule has 1 N–H and O–H groups in total. The van der Waals surface area contributed by atoms with Gasteiger partial charge in [0.15, 0.2) is 0 Å². The van der Waals surface area contributed by atoms with Gasteiger partial charge in [0.1, 0.15) is 11.6 Å². The minimum absolute atomic E-state index is 0.0364. The summed E-state index contributed by atoms with van der Waals surface area (Å²) in [5.74, 6) is 3.76. The monoisotopic (exact) mass is 331 g/mol. The Kier molecular flexibility index (Phi) is 4.61. The Morgan fingerprint density at radius 1 is 1.35 bits per heavy atom. The van der Waals surface area contributed by atoms with Crippen molar-refractivity contribution in [3.63, 3.8) is 0 Å². The van der Waals surface area contributed by atoms with Gasteiger partial charge >= 0.3 is 0 Å². The van der Waals surface area contributed by atoms with E-state index in [1.807, 2.05) is 54.6 Å². The van der Waals surface area contributed by atoms with Crippen LogP contribution in [0, 0.1) is 5.92 Å². The highest BCUT2D eigenvalue weighted by Gasteiger charge is 2.24. The van der Waals surface area contributed by atoms with E-state index in [9.17, 15) is 4.79 Å². The SMILES string of the molecule is COc1ccc(-n2nc3c(c2NC(=O)CC(C)C)CSC3)cc1. The van der Waals surface area contributed by atoms with E-state index in [0.29, 0.717) is 12.3 Å². The standard InChI is InChI=1S/C17H21N3O2S/c1-11(2)8-16(21)18-17-14-9-23-10-15(14)19-20(17)12-4-6-13(22-3)7-5-12/h4-7,11H,8-10H2,1-3H3,(H,18,21). The predicted molar refractivity (Wildman–Crippen MR) is 93.2 cm³/mol. The first-order valence-corrected chi connectivity index (χ1v) is 8.86. The number of benzene rings is 1. The zero-order valence-electron chi connectivity index (χ0n) is 13.6. The molecule has 122 valence electrons. The number of anilines is 1. The summed E-state index contributed by atoms with van der Waals surface area (Å²) in [6.45, 7) is 4.08. The van der Waals surface area contributed by atoms with Gasteiger partial charge in [-0.15, -0.1) is 0 Å². The molecule has 0 atom stereocenters. The lowest BCUT2D eigenvalue weighted by Crippen LogP contribution is -2.17. The number of hydrogen-bond donors (Lipinski definition) is 1. The molecule has 0 unspecified atom stereocenters. The number of fused-ring (bicyclic) bond motifs is 1. The minimum Gasteiger partial charge on any atom is -0.497 e. The molecular formula is C17H21N3O2S. The number of methoxy groups -OCH3 is 1. The second-order valence-corrected chi connectivity index (χ2v) is 7.01. The number of carbonyl (C=O) groups is 1. The predicted octanol–water partition coefficient (Wildman–Crippen LogP) is 3.61. The number of nitrogens with one attached hydrogen (secondary N) is 1. The molecule has 0 saturated carbocycles. The summed E-state index contributed by atoms with van der Waals surface area (Å²) in [7, 11) is 1.65. The van der Waals surface area contributed by atoms with Crippen molar-refractivity contribution < 1.29 is 9.53 Å². The molecule has 1 aliphatic rings. The summed E-state index contributed by atoms with van der Waals surface area (Å²) >= 11 is 1.83. The van der Waals surface area contributed by atoms with E-state index < -0.39 is 0 Å². The second kappa shape index (κ2) is 6.66. The maximum absolute atomic E-state index is 12.2. The fourth-order valence-electron chi connectivity index (χ4n) is 2.61. The van der Waals surface area contributed by atoms with Crippen molar-refractivity contribution in [3.8, 4) is 11.4 Å². The number of carbonyl (C=O) groups excluding carboxylic acids is 1. The molecule has 3 rings (SSSR count). The lowest BCUT2D eigenvalue weighted by Gasteiger charge is -2.12. The molecule has 2 heterocycles. The van der Waals surface area contributed by atoms with Crippen molar-refractivity contribution >= 4 is 23.5 Å². The maximum Gasteiger partial charge on any atom is 0.225 e. The summed E-state index contributed by atoms with van der Waals surface area (Å²) in [6, 6.07) is 7.70. The molecule has 1 aromatic heterocycles. The van der Waals surface area contributed by atoms with Crippen LogP contribution in [0.1, 0.15) is 31.5 Å². The van der Waals surface area contributed by atoms with Crippen LogP contribution in [-0.2, 0) is 16.3 Å². The van der Waals surface area contributed by atoms with Crippen molar-refractivity contribution in [3.05, 3.63) is 35.5 Å². The molecule has 1 amide bonds. The molecule has 1 aliphatic heterocycles. The Balaban J connectivity index is 1.94. The van der Waals surface area contributed by atoms with Crippen LogP contribution in [0.15, 0.2) is 24.3 Å². The first kappa shape index (κ1) is 15.9. The first-order valence-electron chi connectivity index (χ1n) is 7.71. The highest BCUT2D eigenvalue weighted by Crippen LogP contribution is 2.36. The van der Waals surface area contributed by atoms with Gasteiger partial charge in [-0.05, 0) is 30.2 Å². The Bertz CT molecular complexity index is 707. The van der Waals surface area contributed by atoms with Crippen LogP contribution in [0.2, 0.25) is 0 Å². The Hall–Kier alpha value is -1.95. The Morgan fingerprint density at radius 3 is 2.74 bits per heavy atom. The van der Waals surface area contributed by atoms with Gasteiger partial charge in [0, 0.05) is 23.5 Å². The van der Waals surface area contributed by atoms with E-state index >= 15 is 0 Å². The van der Waals surface area contributed by atoms with E-state index in [1.54, 1.807) is 7.11 Å². The van der Waals surface area contributed by atoms with Gasteiger partial charge in [0.05, 0.1) is 18.5 Å². The molecule has 0 bridgehead atoms. The van der Waals surface area contributed by atoms with Crippen LogP contribution in [0.25, 0.3) is 5.69 Å². The van der Waals surface area contributed by atoms with Crippen LogP contribution in [0.3, 0.4) is 0 Å². The van der Waals surface area contributed by atoms with E-state index in [1.165, 1.54) is 0 Å². The van der Waals surface area contributed by atoms with Gasteiger partial charge in [-0.25, -0.2) is 4.68 Å². The average molecular weight is 331 g/mol. The van der Waals surface area contributed by atoms with Gasteiger partial charge in [-0.1, -0.05) is 13.8 Å². The van der Waals surface area contributed by atoms with Gasteiger partial charge in [0.2, 0.25) is 5.91 Å². The third kappa shape index (κ3) is 3.37. The molecule has 0 fully saturated rings. The quantitative estimate of drug-likeness (QED) is 0.909. The number of thioether (sulfide) groups is 1. The van der Waals surface area contributed by atoms with Gasteiger partial charge in [-0.3, -0.25) is 4.79 Å². The van der Waals surface area contributed by atoms with Crippen molar-refractivity contribution in [2.45, 2.75) is 31.8 Å². The largest absolute Gasteiger partial charge is 0.497 e. The summed E-state index contributed by atoms with van der Waals surface area (Å²) in [5, 5.41) is 7.76. The molecule has 5 nitrogen and oxygen atoms in total. The lowest BCUT2D eigenvalue weighted by atomic mass is 10.1. The average Bonchev–Trinajstić information content (AvgIpc) is 3.09. The zero-order valence-corrected chi connectivity index (χ0v) is 14.4. The molecule has 0 aliphatic carbocycles. The smallest absolute Gasteiger partial charge is 0.225 e. The fourth-order valence-corrected chi connectivity index (χ4v) is 3.64. The molecule has 0 saturated heterocycles. The first-order chi connectivity index (χ1) is 11.1. The topological polar surface area (TPSA) is 56.1 Å². The van der Waals surface area contributed by atoms with Crippen LogP contribution in [-0.4, -0.2) is 22.8 Å². The van der Waals surface area contributed by atoms with Crippen molar-refractivity contribution in [1.29, 1.82) is 0 Å². The molecule has 0 spiro atoms. The number of hydrogen-bond acceptors (Lipinski definition) is 4. The summed E-state index contributed by atoms with van der Waals surface area (Å²) in [4.78, 5) is 12.2. The van der Waals surface area contributed by atoms with Gasteiger partial charge < -0.3 is 10.1 Å². The zero-order chi connectivity index (χ0) is 16.4. The highest BCUT2D eigenvalue weighted by molar-refractivity contribution is 7.98. The molecular weight excluding hydrogens is 310 g/mol. The van der Waals surface area contributed by atoms with Crippen LogP contribution in [0.4, 0.5) is 5.82 Å². The molecule has 6 heteroatoms. The third-order valence-electron chi connectivity index (χ3n) is 3.72. The lowest BCUT2D eigenvalue weighted by molar-refractivity contribution is -0.116. The van der Waals surface area contributed by atoms with Crippen molar-refractivity contribution in [1.82, 2.24) is 9.78 Å². The molecule has 0 radical (unpaired) electrons.